The van der Waals surface area contributed by atoms with Crippen LogP contribution in [0, 0.1) is 29.8 Å². The van der Waals surface area contributed by atoms with E-state index in [1.165, 1.54) is 10.7 Å². The fourth-order valence-corrected chi connectivity index (χ4v) is 3.52. The summed E-state index contributed by atoms with van der Waals surface area (Å²) in [7, 11) is 0. The van der Waals surface area contributed by atoms with Gasteiger partial charge in [0.05, 0.1) is 16.7 Å². The average molecular weight is 424 g/mol. The second-order valence-electron chi connectivity index (χ2n) is 7.50. The third-order valence-corrected chi connectivity index (χ3v) is 5.28. The molecule has 1 fully saturated rings. The molecular formula is C22H21FN4O4. The van der Waals surface area contributed by atoms with E-state index in [-0.39, 0.29) is 28.9 Å². The highest BCUT2D eigenvalue weighted by Gasteiger charge is 2.28. The van der Waals surface area contributed by atoms with E-state index in [1.54, 1.807) is 11.8 Å². The second-order valence-corrected chi connectivity index (χ2v) is 7.50. The maximum Gasteiger partial charge on any atom is 0.274 e. The number of non-ortho nitro benzene ring substituents is 1. The zero-order valence-electron chi connectivity index (χ0n) is 17.2. The Morgan fingerprint density at radius 2 is 1.81 bits per heavy atom. The second kappa shape index (κ2) is 8.17. The van der Waals surface area contributed by atoms with E-state index < -0.39 is 10.7 Å². The number of hydrogen-bond acceptors (Lipinski definition) is 5. The number of ether oxygens (including phenoxy) is 1. The van der Waals surface area contributed by atoms with E-state index in [1.807, 2.05) is 31.2 Å². The number of nitro benzene ring substituents is 1. The van der Waals surface area contributed by atoms with Gasteiger partial charge in [-0.3, -0.25) is 14.9 Å². The van der Waals surface area contributed by atoms with Gasteiger partial charge < -0.3 is 9.64 Å². The molecule has 4 rings (SSSR count). The lowest BCUT2D eigenvalue weighted by Crippen LogP contribution is -2.28. The van der Waals surface area contributed by atoms with Crippen molar-refractivity contribution in [2.24, 2.45) is 0 Å². The van der Waals surface area contributed by atoms with Gasteiger partial charge in [-0.05, 0) is 44.9 Å². The van der Waals surface area contributed by atoms with Crippen molar-refractivity contribution in [2.75, 3.05) is 13.1 Å². The lowest BCUT2D eigenvalue weighted by atomic mass is 10.2. The Hall–Kier alpha value is -3.75. The Morgan fingerprint density at radius 3 is 2.42 bits per heavy atom. The number of amides is 1. The summed E-state index contributed by atoms with van der Waals surface area (Å²) in [6.07, 6.45) is 1.89. The monoisotopic (exact) mass is 424 g/mol. The number of carbonyl (C=O) groups is 1. The van der Waals surface area contributed by atoms with Crippen molar-refractivity contribution in [3.05, 3.63) is 75.2 Å². The number of nitro groups is 1. The Morgan fingerprint density at radius 1 is 1.13 bits per heavy atom. The zero-order valence-corrected chi connectivity index (χ0v) is 17.2. The lowest BCUT2D eigenvalue weighted by Gasteiger charge is -2.13. The molecule has 2 aromatic carbocycles. The fraction of sp³-hybridized carbons (Fsp3) is 0.273. The normalized spacial score (nSPS) is 13.5. The van der Waals surface area contributed by atoms with Crippen molar-refractivity contribution in [1.82, 2.24) is 14.7 Å². The van der Waals surface area contributed by atoms with Crippen molar-refractivity contribution < 1.29 is 18.8 Å². The molecule has 1 aliphatic rings. The number of nitrogens with zero attached hydrogens (tertiary/aromatic N) is 4. The van der Waals surface area contributed by atoms with Gasteiger partial charge in [-0.15, -0.1) is 0 Å². The standard InChI is InChI=1S/C22H21FN4O4/c1-14-5-7-16(8-6-14)26-22(31-19-10-9-17(27(29)30)13-18(19)23)15(2)20(24-26)21(28)25-11-3-4-12-25/h5-10,13H,3-4,11-12H2,1-2H3. The van der Waals surface area contributed by atoms with Crippen LogP contribution in [0.5, 0.6) is 11.6 Å². The smallest absolute Gasteiger partial charge is 0.274 e. The van der Waals surface area contributed by atoms with Crippen LogP contribution in [-0.4, -0.2) is 38.6 Å². The number of carbonyl (C=O) groups excluding carboxylic acids is 1. The topological polar surface area (TPSA) is 90.5 Å². The quantitative estimate of drug-likeness (QED) is 0.442. The van der Waals surface area contributed by atoms with E-state index in [0.29, 0.717) is 24.3 Å². The summed E-state index contributed by atoms with van der Waals surface area (Å²) >= 11 is 0. The number of hydrogen-bond donors (Lipinski definition) is 0. The molecule has 0 spiro atoms. The van der Waals surface area contributed by atoms with Gasteiger partial charge in [-0.25, -0.2) is 4.39 Å². The molecule has 3 aromatic rings. The number of rotatable bonds is 5. The first-order valence-electron chi connectivity index (χ1n) is 9.93. The molecule has 0 bridgehead atoms. The van der Waals surface area contributed by atoms with Gasteiger partial charge in [0, 0.05) is 24.7 Å². The van der Waals surface area contributed by atoms with Crippen molar-refractivity contribution in [3.63, 3.8) is 0 Å². The van der Waals surface area contributed by atoms with Gasteiger partial charge in [-0.2, -0.15) is 9.78 Å². The first kappa shape index (κ1) is 20.5. The van der Waals surface area contributed by atoms with Crippen LogP contribution in [0.25, 0.3) is 5.69 Å². The van der Waals surface area contributed by atoms with Crippen LogP contribution in [0.1, 0.15) is 34.5 Å². The van der Waals surface area contributed by atoms with Crippen molar-refractivity contribution >= 4 is 11.6 Å². The molecule has 0 aliphatic carbocycles. The number of aromatic nitrogens is 2. The summed E-state index contributed by atoms with van der Waals surface area (Å²) in [4.78, 5) is 25.0. The van der Waals surface area contributed by atoms with Gasteiger partial charge in [0.25, 0.3) is 11.6 Å². The molecule has 1 aliphatic heterocycles. The molecule has 1 aromatic heterocycles. The van der Waals surface area contributed by atoms with Crippen LogP contribution in [0.15, 0.2) is 42.5 Å². The highest BCUT2D eigenvalue weighted by atomic mass is 19.1. The van der Waals surface area contributed by atoms with Crippen molar-refractivity contribution in [3.8, 4) is 17.3 Å². The van der Waals surface area contributed by atoms with Gasteiger partial charge in [0.2, 0.25) is 5.88 Å². The Bertz CT molecular complexity index is 1150. The van der Waals surface area contributed by atoms with Gasteiger partial charge in [-0.1, -0.05) is 17.7 Å². The lowest BCUT2D eigenvalue weighted by molar-refractivity contribution is -0.385. The van der Waals surface area contributed by atoms with Crippen LogP contribution in [0.3, 0.4) is 0 Å². The van der Waals surface area contributed by atoms with Gasteiger partial charge in [0.15, 0.2) is 17.3 Å². The predicted octanol–water partition coefficient (Wildman–Crippen LogP) is 4.56. The molecule has 8 nitrogen and oxygen atoms in total. The molecule has 2 heterocycles. The minimum absolute atomic E-state index is 0.180. The average Bonchev–Trinajstić information content (AvgIpc) is 3.39. The molecule has 1 amide bonds. The number of halogens is 1. The van der Waals surface area contributed by atoms with Crippen molar-refractivity contribution in [1.29, 1.82) is 0 Å². The number of benzene rings is 2. The fourth-order valence-electron chi connectivity index (χ4n) is 3.52. The molecule has 1 saturated heterocycles. The summed E-state index contributed by atoms with van der Waals surface area (Å²) < 4.78 is 21.8. The van der Waals surface area contributed by atoms with Crippen LogP contribution in [0.2, 0.25) is 0 Å². The minimum atomic E-state index is -0.877. The largest absolute Gasteiger partial charge is 0.436 e. The summed E-state index contributed by atoms with van der Waals surface area (Å²) in [6.45, 7) is 4.98. The molecule has 31 heavy (non-hydrogen) atoms. The first-order chi connectivity index (χ1) is 14.8. The molecule has 0 saturated carbocycles. The highest BCUT2D eigenvalue weighted by Crippen LogP contribution is 2.33. The Balaban J connectivity index is 1.78. The van der Waals surface area contributed by atoms with E-state index in [9.17, 15) is 19.3 Å². The zero-order chi connectivity index (χ0) is 22.1. The SMILES string of the molecule is Cc1ccc(-n2nc(C(=O)N3CCCC3)c(C)c2Oc2ccc([N+](=O)[O-])cc2F)cc1. The first-order valence-corrected chi connectivity index (χ1v) is 9.93. The van der Waals surface area contributed by atoms with E-state index in [0.717, 1.165) is 30.5 Å². The summed E-state index contributed by atoms with van der Waals surface area (Å²) in [5.74, 6) is -1.09. The predicted molar refractivity (Wildman–Crippen MR) is 111 cm³/mol. The Kier molecular flexibility index (Phi) is 5.41. The number of aryl methyl sites for hydroxylation is 1. The molecule has 9 heteroatoms. The molecule has 0 radical (unpaired) electrons. The van der Waals surface area contributed by atoms with Crippen LogP contribution < -0.4 is 4.74 Å². The third-order valence-electron chi connectivity index (χ3n) is 5.28. The van der Waals surface area contributed by atoms with Crippen molar-refractivity contribution in [2.45, 2.75) is 26.7 Å². The third kappa shape index (κ3) is 3.98. The molecule has 0 N–H and O–H groups in total. The molecule has 0 atom stereocenters. The van der Waals surface area contributed by atoms with Crippen LogP contribution in [0.4, 0.5) is 10.1 Å². The summed E-state index contributed by atoms with van der Waals surface area (Å²) in [5.41, 5.74) is 2.02. The summed E-state index contributed by atoms with van der Waals surface area (Å²) in [6, 6.07) is 10.6. The van der Waals surface area contributed by atoms with Gasteiger partial charge >= 0.3 is 0 Å². The summed E-state index contributed by atoms with van der Waals surface area (Å²) in [5, 5.41) is 15.4. The van der Waals surface area contributed by atoms with Gasteiger partial charge in [0.1, 0.15) is 0 Å². The maximum atomic E-state index is 14.5. The highest BCUT2D eigenvalue weighted by molar-refractivity contribution is 5.94. The van der Waals surface area contributed by atoms with E-state index >= 15 is 0 Å². The van der Waals surface area contributed by atoms with E-state index in [4.69, 9.17) is 4.74 Å². The molecule has 0 unspecified atom stereocenters. The van der Waals surface area contributed by atoms with E-state index in [2.05, 4.69) is 5.10 Å². The minimum Gasteiger partial charge on any atom is -0.436 e. The maximum absolute atomic E-state index is 14.5. The Labute approximate surface area is 178 Å². The molecule has 160 valence electrons. The molecular weight excluding hydrogens is 403 g/mol. The van der Waals surface area contributed by atoms with Crippen LogP contribution in [-0.2, 0) is 0 Å². The number of likely N-dealkylation sites (tertiary alicyclic amines) is 1. The van der Waals surface area contributed by atoms with Crippen LogP contribution >= 0.6 is 0 Å².